The van der Waals surface area contributed by atoms with Crippen LogP contribution in [0.3, 0.4) is 0 Å². The van der Waals surface area contributed by atoms with Crippen molar-refractivity contribution in [2.75, 3.05) is 7.11 Å². The number of nitrogens with zero attached hydrogens (tertiary/aromatic N) is 1. The van der Waals surface area contributed by atoms with Gasteiger partial charge in [-0.1, -0.05) is 12.1 Å². The molecule has 0 aliphatic rings. The SMILES string of the molecule is COC(=O)NN=Cc1ccccc1O. The number of benzene rings is 1. The molecule has 0 aliphatic carbocycles. The Morgan fingerprint density at radius 2 is 2.29 bits per heavy atom. The van der Waals surface area contributed by atoms with Gasteiger partial charge < -0.3 is 9.84 Å². The molecule has 0 saturated carbocycles. The number of rotatable bonds is 2. The van der Waals surface area contributed by atoms with Gasteiger partial charge in [0.25, 0.3) is 0 Å². The fourth-order valence-corrected chi connectivity index (χ4v) is 0.797. The van der Waals surface area contributed by atoms with Crippen LogP contribution in [0.15, 0.2) is 29.4 Å². The second-order valence-corrected chi connectivity index (χ2v) is 2.42. The maximum absolute atomic E-state index is 10.6. The number of hydrogen-bond acceptors (Lipinski definition) is 4. The quantitative estimate of drug-likeness (QED) is 0.546. The lowest BCUT2D eigenvalue weighted by atomic mass is 10.2. The standard InChI is InChI=1S/C9H10N2O3/c1-14-9(13)11-10-6-7-4-2-3-5-8(7)12/h2-6,12H,1H3,(H,11,13). The predicted molar refractivity (Wildman–Crippen MR) is 51.2 cm³/mol. The van der Waals surface area contributed by atoms with Crippen LogP contribution in [-0.2, 0) is 4.74 Å². The van der Waals surface area contributed by atoms with E-state index in [1.54, 1.807) is 18.2 Å². The molecule has 5 nitrogen and oxygen atoms in total. The van der Waals surface area contributed by atoms with Crippen molar-refractivity contribution in [3.63, 3.8) is 0 Å². The molecule has 0 aliphatic heterocycles. The van der Waals surface area contributed by atoms with Gasteiger partial charge in [-0.25, -0.2) is 10.2 Å². The van der Waals surface area contributed by atoms with E-state index in [0.717, 1.165) is 0 Å². The zero-order valence-electron chi connectivity index (χ0n) is 7.60. The lowest BCUT2D eigenvalue weighted by Crippen LogP contribution is -2.16. The minimum absolute atomic E-state index is 0.0999. The van der Waals surface area contributed by atoms with Crippen LogP contribution in [0.1, 0.15) is 5.56 Å². The van der Waals surface area contributed by atoms with Crippen molar-refractivity contribution < 1.29 is 14.6 Å². The van der Waals surface area contributed by atoms with Gasteiger partial charge in [0.05, 0.1) is 13.3 Å². The molecule has 1 amide bonds. The molecule has 0 atom stereocenters. The molecule has 1 aromatic carbocycles. The summed E-state index contributed by atoms with van der Waals surface area (Å²) < 4.78 is 4.29. The Kier molecular flexibility index (Phi) is 3.49. The first-order valence-electron chi connectivity index (χ1n) is 3.89. The third-order valence-corrected chi connectivity index (χ3v) is 1.48. The lowest BCUT2D eigenvalue weighted by Gasteiger charge is -1.97. The van der Waals surface area contributed by atoms with Crippen LogP contribution in [0, 0.1) is 0 Å². The molecule has 0 saturated heterocycles. The predicted octanol–water partition coefficient (Wildman–Crippen LogP) is 1.08. The molecule has 0 bridgehead atoms. The number of nitrogens with one attached hydrogen (secondary N) is 1. The van der Waals surface area contributed by atoms with E-state index in [1.165, 1.54) is 19.4 Å². The smallest absolute Gasteiger partial charge is 0.427 e. The van der Waals surface area contributed by atoms with Crippen LogP contribution in [-0.4, -0.2) is 24.5 Å². The first-order chi connectivity index (χ1) is 6.74. The van der Waals surface area contributed by atoms with Gasteiger partial charge in [-0.05, 0) is 12.1 Å². The topological polar surface area (TPSA) is 70.9 Å². The maximum atomic E-state index is 10.6. The van der Waals surface area contributed by atoms with E-state index in [0.29, 0.717) is 5.56 Å². The van der Waals surface area contributed by atoms with Crippen LogP contribution >= 0.6 is 0 Å². The molecule has 0 fully saturated rings. The highest BCUT2D eigenvalue weighted by Crippen LogP contribution is 2.12. The third kappa shape index (κ3) is 2.78. The lowest BCUT2D eigenvalue weighted by molar-refractivity contribution is 0.171. The molecule has 0 aromatic heterocycles. The second kappa shape index (κ2) is 4.86. The van der Waals surface area contributed by atoms with E-state index in [-0.39, 0.29) is 5.75 Å². The van der Waals surface area contributed by atoms with Crippen LogP contribution < -0.4 is 5.43 Å². The first kappa shape index (κ1) is 10.0. The number of phenols is 1. The summed E-state index contributed by atoms with van der Waals surface area (Å²) in [4.78, 5) is 10.6. The van der Waals surface area contributed by atoms with Crippen LogP contribution in [0.2, 0.25) is 0 Å². The summed E-state index contributed by atoms with van der Waals surface area (Å²) in [7, 11) is 1.24. The van der Waals surface area contributed by atoms with E-state index < -0.39 is 6.09 Å². The van der Waals surface area contributed by atoms with Gasteiger partial charge >= 0.3 is 6.09 Å². The fourth-order valence-electron chi connectivity index (χ4n) is 0.797. The van der Waals surface area contributed by atoms with Crippen molar-refractivity contribution in [2.45, 2.75) is 0 Å². The normalized spacial score (nSPS) is 10.1. The largest absolute Gasteiger partial charge is 0.507 e. The number of phenolic OH excluding ortho intramolecular Hbond substituents is 1. The Labute approximate surface area is 81.0 Å². The van der Waals surface area contributed by atoms with Crippen LogP contribution in [0.5, 0.6) is 5.75 Å². The van der Waals surface area contributed by atoms with Crippen molar-refractivity contribution >= 4 is 12.3 Å². The highest BCUT2D eigenvalue weighted by atomic mass is 16.5. The van der Waals surface area contributed by atoms with Gasteiger partial charge in [-0.2, -0.15) is 5.10 Å². The Morgan fingerprint density at radius 3 is 2.93 bits per heavy atom. The third-order valence-electron chi connectivity index (χ3n) is 1.48. The molecule has 0 heterocycles. The maximum Gasteiger partial charge on any atom is 0.427 e. The second-order valence-electron chi connectivity index (χ2n) is 2.42. The summed E-state index contributed by atoms with van der Waals surface area (Å²) in [6, 6.07) is 6.64. The minimum Gasteiger partial charge on any atom is -0.507 e. The summed E-state index contributed by atoms with van der Waals surface area (Å²) in [5.41, 5.74) is 2.62. The van der Waals surface area contributed by atoms with E-state index in [2.05, 4.69) is 15.3 Å². The average molecular weight is 194 g/mol. The number of carbonyl (C=O) groups excluding carboxylic acids is 1. The van der Waals surface area contributed by atoms with Crippen molar-refractivity contribution in [3.8, 4) is 5.75 Å². The number of hydrogen-bond donors (Lipinski definition) is 2. The van der Waals surface area contributed by atoms with Crippen molar-refractivity contribution in [1.82, 2.24) is 5.43 Å². The number of hydrazone groups is 1. The summed E-state index contributed by atoms with van der Waals surface area (Å²) in [6.45, 7) is 0. The molecule has 14 heavy (non-hydrogen) atoms. The zero-order chi connectivity index (χ0) is 10.4. The van der Waals surface area contributed by atoms with Crippen LogP contribution in [0.4, 0.5) is 4.79 Å². The fraction of sp³-hybridized carbons (Fsp3) is 0.111. The van der Waals surface area contributed by atoms with Crippen molar-refractivity contribution in [3.05, 3.63) is 29.8 Å². The number of aromatic hydroxyl groups is 1. The number of methoxy groups -OCH3 is 1. The Balaban J connectivity index is 2.60. The van der Waals surface area contributed by atoms with Gasteiger partial charge in [0.2, 0.25) is 0 Å². The van der Waals surface area contributed by atoms with E-state index >= 15 is 0 Å². The van der Waals surface area contributed by atoms with Gasteiger partial charge in [0, 0.05) is 5.56 Å². The molecule has 0 spiro atoms. The minimum atomic E-state index is -0.656. The van der Waals surface area contributed by atoms with Crippen LogP contribution in [0.25, 0.3) is 0 Å². The molecular formula is C9H10N2O3. The first-order valence-corrected chi connectivity index (χ1v) is 3.89. The Bertz CT molecular complexity index is 350. The number of carbonyl (C=O) groups is 1. The highest BCUT2D eigenvalue weighted by molar-refractivity contribution is 5.84. The monoisotopic (exact) mass is 194 g/mol. The van der Waals surface area contributed by atoms with Gasteiger partial charge in [-0.15, -0.1) is 0 Å². The van der Waals surface area contributed by atoms with Gasteiger partial charge in [0.1, 0.15) is 5.75 Å². The van der Waals surface area contributed by atoms with Gasteiger partial charge in [0.15, 0.2) is 0 Å². The highest BCUT2D eigenvalue weighted by Gasteiger charge is 1.96. The number of ether oxygens (including phenoxy) is 1. The van der Waals surface area contributed by atoms with Gasteiger partial charge in [-0.3, -0.25) is 0 Å². The summed E-state index contributed by atoms with van der Waals surface area (Å²) in [5, 5.41) is 12.9. The molecule has 74 valence electrons. The van der Waals surface area contributed by atoms with E-state index in [4.69, 9.17) is 0 Å². The molecular weight excluding hydrogens is 184 g/mol. The molecule has 0 radical (unpaired) electrons. The summed E-state index contributed by atoms with van der Waals surface area (Å²) in [6.07, 6.45) is 0.670. The van der Waals surface area contributed by atoms with Crippen molar-refractivity contribution in [1.29, 1.82) is 0 Å². The molecule has 5 heteroatoms. The summed E-state index contributed by atoms with van der Waals surface area (Å²) >= 11 is 0. The number of para-hydroxylation sites is 1. The molecule has 0 unspecified atom stereocenters. The van der Waals surface area contributed by atoms with E-state index in [1.807, 2.05) is 0 Å². The van der Waals surface area contributed by atoms with E-state index in [9.17, 15) is 9.90 Å². The Morgan fingerprint density at radius 1 is 1.57 bits per heavy atom. The average Bonchev–Trinajstić information content (AvgIpc) is 2.20. The zero-order valence-corrected chi connectivity index (χ0v) is 7.60. The Hall–Kier alpha value is -2.04. The number of amides is 1. The van der Waals surface area contributed by atoms with Crippen molar-refractivity contribution in [2.24, 2.45) is 5.10 Å². The molecule has 2 N–H and O–H groups in total. The molecule has 1 rings (SSSR count). The summed E-state index contributed by atoms with van der Waals surface area (Å²) in [5.74, 6) is 0.0999. The molecule has 1 aromatic rings.